The van der Waals surface area contributed by atoms with E-state index in [9.17, 15) is 4.79 Å². The van der Waals surface area contributed by atoms with Gasteiger partial charge in [-0.15, -0.1) is 0 Å². The molecule has 1 unspecified atom stereocenters. The summed E-state index contributed by atoms with van der Waals surface area (Å²) in [4.78, 5) is 13.6. The smallest absolute Gasteiger partial charge is 0.236 e. The van der Waals surface area contributed by atoms with Crippen molar-refractivity contribution in [2.75, 3.05) is 20.1 Å². The Balaban J connectivity index is 2.02. The van der Waals surface area contributed by atoms with E-state index < -0.39 is 0 Å². The van der Waals surface area contributed by atoms with E-state index in [2.05, 4.69) is 29.6 Å². The Morgan fingerprint density at radius 1 is 1.37 bits per heavy atom. The van der Waals surface area contributed by atoms with Gasteiger partial charge in [-0.05, 0) is 37.3 Å². The number of likely N-dealkylation sites (N-methyl/N-ethyl adjacent to an activating group) is 1. The van der Waals surface area contributed by atoms with Crippen LogP contribution in [-0.2, 0) is 11.2 Å². The number of carbonyl (C=O) groups excluding carboxylic acids is 1. The van der Waals surface area contributed by atoms with E-state index in [1.165, 1.54) is 24.0 Å². The van der Waals surface area contributed by atoms with Crippen LogP contribution in [-0.4, -0.2) is 30.9 Å². The van der Waals surface area contributed by atoms with Gasteiger partial charge < -0.3 is 10.2 Å². The van der Waals surface area contributed by atoms with E-state index in [1.807, 2.05) is 14.0 Å². The molecule has 2 rings (SSSR count). The molecule has 0 saturated carbocycles. The number of aryl methyl sites for hydroxylation is 1. The number of benzene rings is 1. The lowest BCUT2D eigenvalue weighted by Crippen LogP contribution is -2.37. The maximum Gasteiger partial charge on any atom is 0.236 e. The number of amides is 1. The molecule has 0 saturated heterocycles. The van der Waals surface area contributed by atoms with Gasteiger partial charge in [-0.2, -0.15) is 0 Å². The molecule has 3 heteroatoms. The average Bonchev–Trinajstić information content (AvgIpc) is 2.66. The molecule has 0 spiro atoms. The zero-order chi connectivity index (χ0) is 13.7. The van der Waals surface area contributed by atoms with Gasteiger partial charge in [-0.25, -0.2) is 0 Å². The maximum absolute atomic E-state index is 11.9. The van der Waals surface area contributed by atoms with Gasteiger partial charge in [-0.1, -0.05) is 30.7 Å². The maximum atomic E-state index is 11.9. The van der Waals surface area contributed by atoms with Crippen LogP contribution >= 0.6 is 0 Å². The molecule has 1 aromatic carbocycles. The highest BCUT2D eigenvalue weighted by Crippen LogP contribution is 2.28. The van der Waals surface area contributed by atoms with Gasteiger partial charge in [0.2, 0.25) is 5.91 Å². The third-order valence-corrected chi connectivity index (χ3v) is 4.02. The largest absolute Gasteiger partial charge is 0.345 e. The van der Waals surface area contributed by atoms with Gasteiger partial charge in [-0.3, -0.25) is 4.79 Å². The number of nitrogens with one attached hydrogen (secondary N) is 1. The molecule has 19 heavy (non-hydrogen) atoms. The van der Waals surface area contributed by atoms with Gasteiger partial charge in [0.05, 0.1) is 6.54 Å². The van der Waals surface area contributed by atoms with E-state index in [0.717, 1.165) is 19.4 Å². The Morgan fingerprint density at radius 2 is 2.16 bits per heavy atom. The third-order valence-electron chi connectivity index (χ3n) is 4.02. The molecule has 1 N–H and O–H groups in total. The van der Waals surface area contributed by atoms with E-state index in [-0.39, 0.29) is 5.91 Å². The predicted octanol–water partition coefficient (Wildman–Crippen LogP) is 2.52. The van der Waals surface area contributed by atoms with Gasteiger partial charge in [0.15, 0.2) is 0 Å². The van der Waals surface area contributed by atoms with Crippen LogP contribution in [0, 0.1) is 0 Å². The van der Waals surface area contributed by atoms with Crippen LogP contribution < -0.4 is 5.32 Å². The fraction of sp³-hybridized carbons (Fsp3) is 0.562. The van der Waals surface area contributed by atoms with Crippen LogP contribution in [0.5, 0.6) is 0 Å². The number of hydrogen-bond donors (Lipinski definition) is 1. The van der Waals surface area contributed by atoms with Crippen LogP contribution in [0.3, 0.4) is 0 Å². The Morgan fingerprint density at radius 3 is 2.95 bits per heavy atom. The van der Waals surface area contributed by atoms with Gasteiger partial charge >= 0.3 is 0 Å². The summed E-state index contributed by atoms with van der Waals surface area (Å²) in [5.41, 5.74) is 2.82. The minimum Gasteiger partial charge on any atom is -0.345 e. The van der Waals surface area contributed by atoms with E-state index >= 15 is 0 Å². The molecule has 104 valence electrons. The molecular formula is C16H24N2O. The number of fused-ring (bicyclic) bond motifs is 1. The summed E-state index contributed by atoms with van der Waals surface area (Å²) < 4.78 is 0. The van der Waals surface area contributed by atoms with Crippen molar-refractivity contribution in [3.63, 3.8) is 0 Å². The monoisotopic (exact) mass is 260 g/mol. The average molecular weight is 260 g/mol. The lowest BCUT2D eigenvalue weighted by Gasteiger charge is -2.21. The Hall–Kier alpha value is -1.35. The Labute approximate surface area is 116 Å². The normalized spacial score (nSPS) is 18.5. The molecular weight excluding hydrogens is 236 g/mol. The highest BCUT2D eigenvalue weighted by atomic mass is 16.2. The minimum atomic E-state index is 0.171. The van der Waals surface area contributed by atoms with E-state index in [4.69, 9.17) is 0 Å². The molecule has 3 nitrogen and oxygen atoms in total. The number of rotatable bonds is 4. The van der Waals surface area contributed by atoms with Gasteiger partial charge in [0.25, 0.3) is 0 Å². The van der Waals surface area contributed by atoms with Crippen LogP contribution in [0.1, 0.15) is 43.4 Å². The zero-order valence-electron chi connectivity index (χ0n) is 12.0. The number of nitrogens with zero attached hydrogens (tertiary/aromatic N) is 1. The van der Waals surface area contributed by atoms with Crippen LogP contribution in [0.25, 0.3) is 0 Å². The number of hydrogen-bond acceptors (Lipinski definition) is 2. The topological polar surface area (TPSA) is 32.3 Å². The van der Waals surface area contributed by atoms with Gasteiger partial charge in [0.1, 0.15) is 0 Å². The molecule has 1 atom stereocenters. The summed E-state index contributed by atoms with van der Waals surface area (Å²) in [6.07, 6.45) is 4.76. The molecule has 0 bridgehead atoms. The van der Waals surface area contributed by atoms with Crippen molar-refractivity contribution >= 4 is 5.91 Å². The minimum absolute atomic E-state index is 0.171. The summed E-state index contributed by atoms with van der Waals surface area (Å²) in [6.45, 7) is 3.20. The van der Waals surface area contributed by atoms with Crippen molar-refractivity contribution in [1.82, 2.24) is 10.2 Å². The third kappa shape index (κ3) is 3.57. The fourth-order valence-electron chi connectivity index (χ4n) is 2.66. The molecule has 0 aliphatic heterocycles. The second kappa shape index (κ2) is 6.71. The van der Waals surface area contributed by atoms with Gasteiger partial charge in [0, 0.05) is 19.6 Å². The first-order valence-corrected chi connectivity index (χ1v) is 7.27. The van der Waals surface area contributed by atoms with Crippen molar-refractivity contribution in [1.29, 1.82) is 0 Å². The molecule has 0 radical (unpaired) electrons. The van der Waals surface area contributed by atoms with Crippen molar-refractivity contribution in [3.05, 3.63) is 35.4 Å². The summed E-state index contributed by atoms with van der Waals surface area (Å²) in [7, 11) is 1.85. The SMILES string of the molecule is CCN(C)C(=O)CNC1CCCCc2ccccc21. The molecule has 0 fully saturated rings. The lowest BCUT2D eigenvalue weighted by atomic mass is 9.99. The van der Waals surface area contributed by atoms with Crippen molar-refractivity contribution in [2.45, 2.75) is 38.6 Å². The van der Waals surface area contributed by atoms with E-state index in [0.29, 0.717) is 12.6 Å². The van der Waals surface area contributed by atoms with Crippen LogP contribution in [0.15, 0.2) is 24.3 Å². The molecule has 1 aromatic rings. The molecule has 1 amide bonds. The standard InChI is InChI=1S/C16H24N2O/c1-3-18(2)16(19)12-17-15-11-7-5-9-13-8-4-6-10-14(13)15/h4,6,8,10,15,17H,3,5,7,9,11-12H2,1-2H3. The predicted molar refractivity (Wildman–Crippen MR) is 78.1 cm³/mol. The first-order chi connectivity index (χ1) is 9.22. The van der Waals surface area contributed by atoms with Crippen molar-refractivity contribution < 1.29 is 4.79 Å². The zero-order valence-corrected chi connectivity index (χ0v) is 12.0. The molecule has 1 aliphatic rings. The van der Waals surface area contributed by atoms with Crippen LogP contribution in [0.2, 0.25) is 0 Å². The molecule has 0 aromatic heterocycles. The summed E-state index contributed by atoms with van der Waals surface area (Å²) >= 11 is 0. The highest BCUT2D eigenvalue weighted by molar-refractivity contribution is 5.77. The quantitative estimate of drug-likeness (QED) is 0.844. The fourth-order valence-corrected chi connectivity index (χ4v) is 2.66. The Kier molecular flexibility index (Phi) is 4.97. The van der Waals surface area contributed by atoms with Crippen molar-refractivity contribution in [3.8, 4) is 0 Å². The first-order valence-electron chi connectivity index (χ1n) is 7.27. The van der Waals surface area contributed by atoms with E-state index in [1.54, 1.807) is 4.90 Å². The highest BCUT2D eigenvalue weighted by Gasteiger charge is 2.19. The first kappa shape index (κ1) is 14.1. The summed E-state index contributed by atoms with van der Waals surface area (Å²) in [5, 5.41) is 3.44. The molecule has 1 aliphatic carbocycles. The second-order valence-electron chi connectivity index (χ2n) is 5.29. The summed E-state index contributed by atoms with van der Waals surface area (Å²) in [5.74, 6) is 0.171. The van der Waals surface area contributed by atoms with Crippen LogP contribution in [0.4, 0.5) is 0 Å². The number of carbonyl (C=O) groups is 1. The summed E-state index contributed by atoms with van der Waals surface area (Å²) in [6, 6.07) is 8.95. The Bertz CT molecular complexity index is 431. The lowest BCUT2D eigenvalue weighted by molar-refractivity contribution is -0.128. The second-order valence-corrected chi connectivity index (χ2v) is 5.29. The van der Waals surface area contributed by atoms with Crippen molar-refractivity contribution in [2.24, 2.45) is 0 Å². The molecule has 0 heterocycles.